The minimum atomic E-state index is -0.308. The molecule has 2 aromatic carbocycles. The lowest BCUT2D eigenvalue weighted by atomic mass is 10.1. The van der Waals surface area contributed by atoms with Crippen LogP contribution >= 0.6 is 0 Å². The van der Waals surface area contributed by atoms with Gasteiger partial charge in [0.1, 0.15) is 11.5 Å². The van der Waals surface area contributed by atoms with E-state index >= 15 is 0 Å². The van der Waals surface area contributed by atoms with Crippen LogP contribution in [0.3, 0.4) is 0 Å². The van der Waals surface area contributed by atoms with Crippen LogP contribution in [0.2, 0.25) is 0 Å². The van der Waals surface area contributed by atoms with Crippen LogP contribution in [0.4, 0.5) is 4.39 Å². The molecule has 1 aromatic heterocycles. The second kappa shape index (κ2) is 8.43. The fourth-order valence-corrected chi connectivity index (χ4v) is 3.77. The highest BCUT2D eigenvalue weighted by Gasteiger charge is 2.26. The van der Waals surface area contributed by atoms with Crippen molar-refractivity contribution >= 4 is 11.7 Å². The number of Topliss-reactive ketones (excluding diaryl/α,β-unsaturated/α-hetero) is 1. The quantitative estimate of drug-likeness (QED) is 0.567. The first-order valence-electron chi connectivity index (χ1n) is 9.54. The van der Waals surface area contributed by atoms with Gasteiger partial charge in [-0.1, -0.05) is 42.5 Å². The molecule has 0 unspecified atom stereocenters. The number of hydrogen-bond acceptors (Lipinski definition) is 2. The van der Waals surface area contributed by atoms with Gasteiger partial charge in [0.25, 0.3) is 5.91 Å². The van der Waals surface area contributed by atoms with Crippen LogP contribution in [-0.2, 0) is 13.1 Å². The van der Waals surface area contributed by atoms with Gasteiger partial charge in [-0.25, -0.2) is 4.39 Å². The molecule has 0 aliphatic heterocycles. The van der Waals surface area contributed by atoms with Crippen molar-refractivity contribution in [3.05, 3.63) is 94.1 Å². The van der Waals surface area contributed by atoms with Gasteiger partial charge in [-0.2, -0.15) is 0 Å². The molecular weight excluding hydrogens is 367 g/mol. The highest BCUT2D eigenvalue weighted by molar-refractivity contribution is 6.02. The molecule has 0 bridgehead atoms. The summed E-state index contributed by atoms with van der Waals surface area (Å²) in [6.07, 6.45) is 0. The average molecular weight is 392 g/mol. The molecule has 1 amide bonds. The van der Waals surface area contributed by atoms with Gasteiger partial charge in [0.2, 0.25) is 0 Å². The topological polar surface area (TPSA) is 42.3 Å². The van der Waals surface area contributed by atoms with Crippen molar-refractivity contribution < 1.29 is 14.0 Å². The van der Waals surface area contributed by atoms with E-state index in [-0.39, 0.29) is 17.5 Å². The fourth-order valence-electron chi connectivity index (χ4n) is 3.77. The van der Waals surface area contributed by atoms with Crippen LogP contribution in [0.1, 0.15) is 50.2 Å². The monoisotopic (exact) mass is 392 g/mol. The van der Waals surface area contributed by atoms with Crippen molar-refractivity contribution in [1.29, 1.82) is 0 Å². The van der Waals surface area contributed by atoms with Gasteiger partial charge in [-0.3, -0.25) is 9.59 Å². The molecule has 4 nitrogen and oxygen atoms in total. The van der Waals surface area contributed by atoms with Gasteiger partial charge in [0.15, 0.2) is 5.78 Å². The lowest BCUT2D eigenvalue weighted by Gasteiger charge is -2.20. The minimum absolute atomic E-state index is 0.0716. The number of halogens is 1. The Morgan fingerprint density at radius 2 is 1.59 bits per heavy atom. The van der Waals surface area contributed by atoms with Crippen molar-refractivity contribution in [2.45, 2.75) is 33.9 Å². The van der Waals surface area contributed by atoms with E-state index in [4.69, 9.17) is 0 Å². The van der Waals surface area contributed by atoms with Gasteiger partial charge in [0, 0.05) is 31.4 Å². The summed E-state index contributed by atoms with van der Waals surface area (Å²) in [6.45, 7) is 6.03. The van der Waals surface area contributed by atoms with Crippen molar-refractivity contribution in [1.82, 2.24) is 9.47 Å². The second-order valence-electron chi connectivity index (χ2n) is 7.35. The van der Waals surface area contributed by atoms with Gasteiger partial charge < -0.3 is 9.47 Å². The summed E-state index contributed by atoms with van der Waals surface area (Å²) in [4.78, 5) is 27.3. The number of nitrogens with zero attached hydrogens (tertiary/aromatic N) is 2. The van der Waals surface area contributed by atoms with Crippen LogP contribution < -0.4 is 0 Å². The average Bonchev–Trinajstić information content (AvgIpc) is 2.93. The van der Waals surface area contributed by atoms with Crippen LogP contribution in [-0.4, -0.2) is 28.2 Å². The van der Waals surface area contributed by atoms with Gasteiger partial charge in [-0.15, -0.1) is 0 Å². The Labute approximate surface area is 170 Å². The maximum atomic E-state index is 13.4. The van der Waals surface area contributed by atoms with E-state index in [1.165, 1.54) is 19.1 Å². The van der Waals surface area contributed by atoms with Crippen molar-refractivity contribution in [3.8, 4) is 0 Å². The molecule has 0 aliphatic rings. The highest BCUT2D eigenvalue weighted by Crippen LogP contribution is 2.26. The number of carbonyl (C=O) groups excluding carboxylic acids is 2. The predicted molar refractivity (Wildman–Crippen MR) is 112 cm³/mol. The van der Waals surface area contributed by atoms with Crippen molar-refractivity contribution in [2.75, 3.05) is 7.05 Å². The minimum Gasteiger partial charge on any atom is -0.336 e. The first-order valence-corrected chi connectivity index (χ1v) is 9.54. The van der Waals surface area contributed by atoms with E-state index in [9.17, 15) is 14.0 Å². The molecule has 150 valence electrons. The summed E-state index contributed by atoms with van der Waals surface area (Å²) in [5.74, 6) is -0.529. The maximum Gasteiger partial charge on any atom is 0.270 e. The molecule has 0 radical (unpaired) electrons. The fraction of sp³-hybridized carbons (Fsp3) is 0.250. The predicted octanol–water partition coefficient (Wildman–Crippen LogP) is 4.77. The SMILES string of the molecule is CC(=O)c1c(C)c(C(=O)N(C)Cc2ccccc2)n(Cc2ccc(F)cc2)c1C. The first kappa shape index (κ1) is 20.5. The Morgan fingerprint density at radius 3 is 2.17 bits per heavy atom. The first-order chi connectivity index (χ1) is 13.8. The molecule has 0 saturated carbocycles. The maximum absolute atomic E-state index is 13.4. The van der Waals surface area contributed by atoms with Crippen LogP contribution in [0.5, 0.6) is 0 Å². The molecule has 29 heavy (non-hydrogen) atoms. The van der Waals surface area contributed by atoms with Gasteiger partial charge in [-0.05, 0) is 49.6 Å². The number of benzene rings is 2. The molecule has 5 heteroatoms. The van der Waals surface area contributed by atoms with E-state index in [1.54, 1.807) is 24.1 Å². The number of rotatable bonds is 6. The molecule has 0 aliphatic carbocycles. The summed E-state index contributed by atoms with van der Waals surface area (Å²) >= 11 is 0. The Bertz CT molecular complexity index is 1040. The number of hydrogen-bond donors (Lipinski definition) is 0. The lowest BCUT2D eigenvalue weighted by Crippen LogP contribution is -2.29. The third kappa shape index (κ3) is 4.29. The number of ketones is 1. The molecule has 0 N–H and O–H groups in total. The summed E-state index contributed by atoms with van der Waals surface area (Å²) in [7, 11) is 1.76. The highest BCUT2D eigenvalue weighted by atomic mass is 19.1. The molecule has 0 spiro atoms. The molecule has 3 rings (SSSR count). The molecule has 0 saturated heterocycles. The van der Waals surface area contributed by atoms with E-state index in [0.29, 0.717) is 29.9 Å². The van der Waals surface area contributed by atoms with Crippen LogP contribution in [0.15, 0.2) is 54.6 Å². The third-order valence-corrected chi connectivity index (χ3v) is 5.18. The molecule has 0 fully saturated rings. The lowest BCUT2D eigenvalue weighted by molar-refractivity contribution is 0.0773. The summed E-state index contributed by atoms with van der Waals surface area (Å²) in [6, 6.07) is 15.9. The third-order valence-electron chi connectivity index (χ3n) is 5.18. The summed E-state index contributed by atoms with van der Waals surface area (Å²) in [5.41, 5.74) is 4.39. The zero-order valence-electron chi connectivity index (χ0n) is 17.2. The van der Waals surface area contributed by atoms with Crippen LogP contribution in [0.25, 0.3) is 0 Å². The van der Waals surface area contributed by atoms with Gasteiger partial charge in [0.05, 0.1) is 0 Å². The zero-order valence-corrected chi connectivity index (χ0v) is 17.2. The zero-order chi connectivity index (χ0) is 21.1. The molecule has 1 heterocycles. The second-order valence-corrected chi connectivity index (χ2v) is 7.35. The number of aromatic nitrogens is 1. The summed E-state index contributed by atoms with van der Waals surface area (Å²) in [5, 5.41) is 0. The molecule has 3 aromatic rings. The Morgan fingerprint density at radius 1 is 0.966 bits per heavy atom. The van der Waals surface area contributed by atoms with E-state index in [1.807, 2.05) is 48.7 Å². The van der Waals surface area contributed by atoms with E-state index < -0.39 is 0 Å². The van der Waals surface area contributed by atoms with Gasteiger partial charge >= 0.3 is 0 Å². The normalized spacial score (nSPS) is 10.8. The number of amides is 1. The van der Waals surface area contributed by atoms with Crippen molar-refractivity contribution in [3.63, 3.8) is 0 Å². The largest absolute Gasteiger partial charge is 0.336 e. The Balaban J connectivity index is 2.01. The van der Waals surface area contributed by atoms with Crippen LogP contribution in [0, 0.1) is 19.7 Å². The standard InChI is InChI=1S/C24H25FN2O2/c1-16-22(18(3)28)17(2)27(15-20-10-12-21(25)13-11-20)23(16)24(29)26(4)14-19-8-6-5-7-9-19/h5-13H,14-15H2,1-4H3. The summed E-state index contributed by atoms with van der Waals surface area (Å²) < 4.78 is 15.2. The van der Waals surface area contributed by atoms with Crippen molar-refractivity contribution in [2.24, 2.45) is 0 Å². The number of carbonyl (C=O) groups is 2. The van der Waals surface area contributed by atoms with E-state index in [2.05, 4.69) is 0 Å². The molecular formula is C24H25FN2O2. The van der Waals surface area contributed by atoms with E-state index in [0.717, 1.165) is 16.8 Å². The smallest absolute Gasteiger partial charge is 0.270 e. The Hall–Kier alpha value is -3.21. The molecule has 0 atom stereocenters. The Kier molecular flexibility index (Phi) is 5.97.